The highest BCUT2D eigenvalue weighted by atomic mass is 16.5. The molecule has 0 aliphatic carbocycles. The van der Waals surface area contributed by atoms with E-state index in [0.29, 0.717) is 0 Å². The second-order valence-electron chi connectivity index (χ2n) is 5.59. The number of hydrogen-bond donors (Lipinski definition) is 0. The topological polar surface area (TPSA) is 26.3 Å². The Hall–Kier alpha value is -2.09. The lowest BCUT2D eigenvalue weighted by molar-refractivity contribution is -0.147. The molecular weight excluding hydrogens is 272 g/mol. The highest BCUT2D eigenvalue weighted by Gasteiger charge is 2.13. The summed E-state index contributed by atoms with van der Waals surface area (Å²) in [5.74, 6) is -0.210. The van der Waals surface area contributed by atoms with E-state index in [2.05, 4.69) is 24.3 Å². The first-order valence-electron chi connectivity index (χ1n) is 8.02. The van der Waals surface area contributed by atoms with Crippen molar-refractivity contribution in [3.05, 3.63) is 71.8 Å². The molecule has 0 unspecified atom stereocenters. The normalized spacial score (nSPS) is 11.9. The number of rotatable bonds is 8. The van der Waals surface area contributed by atoms with E-state index in [1.54, 1.807) is 0 Å². The minimum Gasteiger partial charge on any atom is -0.458 e. The van der Waals surface area contributed by atoms with E-state index in [0.717, 1.165) is 31.2 Å². The number of ether oxygens (including phenoxy) is 1. The maximum atomic E-state index is 11.3. The van der Waals surface area contributed by atoms with Crippen LogP contribution in [0.5, 0.6) is 0 Å². The molecule has 0 amide bonds. The molecule has 0 spiro atoms. The highest BCUT2D eigenvalue weighted by Crippen LogP contribution is 2.24. The Morgan fingerprint density at radius 2 is 1.55 bits per heavy atom. The van der Waals surface area contributed by atoms with Gasteiger partial charge in [0.25, 0.3) is 0 Å². The van der Waals surface area contributed by atoms with Crippen LogP contribution < -0.4 is 0 Å². The van der Waals surface area contributed by atoms with Crippen molar-refractivity contribution in [2.75, 3.05) is 0 Å². The first-order chi connectivity index (χ1) is 10.8. The molecule has 2 aromatic carbocycles. The molecule has 0 saturated heterocycles. The summed E-state index contributed by atoms with van der Waals surface area (Å²) in [6.07, 6.45) is 5.28. The van der Waals surface area contributed by atoms with E-state index in [9.17, 15) is 4.79 Å². The third kappa shape index (κ3) is 5.72. The van der Waals surface area contributed by atoms with E-state index < -0.39 is 0 Å². The smallest absolute Gasteiger partial charge is 0.303 e. The molecule has 0 bridgehead atoms. The monoisotopic (exact) mass is 296 g/mol. The summed E-state index contributed by atoms with van der Waals surface area (Å²) < 4.78 is 5.46. The molecular formula is C20H24O2. The van der Waals surface area contributed by atoms with Gasteiger partial charge in [0.2, 0.25) is 0 Å². The van der Waals surface area contributed by atoms with E-state index in [4.69, 9.17) is 4.74 Å². The zero-order valence-corrected chi connectivity index (χ0v) is 13.2. The van der Waals surface area contributed by atoms with Gasteiger partial charge < -0.3 is 4.74 Å². The van der Waals surface area contributed by atoms with Crippen LogP contribution in [0.3, 0.4) is 0 Å². The largest absolute Gasteiger partial charge is 0.458 e. The van der Waals surface area contributed by atoms with Crippen LogP contribution in [0.1, 0.15) is 49.8 Å². The van der Waals surface area contributed by atoms with Crippen molar-refractivity contribution in [3.8, 4) is 0 Å². The number of carbonyl (C=O) groups excluding carboxylic acids is 1. The van der Waals surface area contributed by atoms with Gasteiger partial charge in [0.05, 0.1) is 0 Å². The average Bonchev–Trinajstić information content (AvgIpc) is 2.55. The minimum atomic E-state index is -0.210. The van der Waals surface area contributed by atoms with E-state index >= 15 is 0 Å². The first kappa shape index (κ1) is 16.3. The summed E-state index contributed by atoms with van der Waals surface area (Å²) in [5, 5.41) is 0. The average molecular weight is 296 g/mol. The second-order valence-corrected chi connectivity index (χ2v) is 5.59. The van der Waals surface area contributed by atoms with Crippen molar-refractivity contribution < 1.29 is 9.53 Å². The van der Waals surface area contributed by atoms with Crippen LogP contribution >= 0.6 is 0 Å². The van der Waals surface area contributed by atoms with Gasteiger partial charge in [-0.05, 0) is 36.8 Å². The number of hydrogen-bond acceptors (Lipinski definition) is 2. The van der Waals surface area contributed by atoms with Crippen molar-refractivity contribution >= 4 is 5.97 Å². The molecule has 0 heterocycles. The van der Waals surface area contributed by atoms with Crippen LogP contribution in [0.2, 0.25) is 0 Å². The van der Waals surface area contributed by atoms with Gasteiger partial charge in [-0.25, -0.2) is 0 Å². The third-order valence-corrected chi connectivity index (χ3v) is 3.75. The number of aryl methyl sites for hydroxylation is 1. The number of carbonyl (C=O) groups is 1. The van der Waals surface area contributed by atoms with Gasteiger partial charge in [-0.3, -0.25) is 4.79 Å². The first-order valence-corrected chi connectivity index (χ1v) is 8.02. The van der Waals surface area contributed by atoms with Crippen molar-refractivity contribution in [1.82, 2.24) is 0 Å². The molecule has 0 fully saturated rings. The molecule has 0 N–H and O–H groups in total. The van der Waals surface area contributed by atoms with Crippen LogP contribution in [0.25, 0.3) is 0 Å². The lowest BCUT2D eigenvalue weighted by atomic mass is 10.0. The Morgan fingerprint density at radius 1 is 0.909 bits per heavy atom. The van der Waals surface area contributed by atoms with Gasteiger partial charge in [-0.2, -0.15) is 0 Å². The van der Waals surface area contributed by atoms with Crippen molar-refractivity contribution in [2.24, 2.45) is 0 Å². The summed E-state index contributed by atoms with van der Waals surface area (Å²) in [5.41, 5.74) is 2.47. The number of unbranched alkanes of at least 4 members (excludes halogenated alkanes) is 2. The van der Waals surface area contributed by atoms with Crippen LogP contribution in [0.4, 0.5) is 0 Å². The van der Waals surface area contributed by atoms with E-state index in [-0.39, 0.29) is 12.1 Å². The molecule has 2 heteroatoms. The summed E-state index contributed by atoms with van der Waals surface area (Å²) in [6, 6.07) is 20.6. The lowest BCUT2D eigenvalue weighted by Gasteiger charge is -2.17. The van der Waals surface area contributed by atoms with Gasteiger partial charge in [0.15, 0.2) is 0 Å². The van der Waals surface area contributed by atoms with Gasteiger partial charge >= 0.3 is 5.97 Å². The fourth-order valence-electron chi connectivity index (χ4n) is 2.64. The van der Waals surface area contributed by atoms with Crippen molar-refractivity contribution in [1.29, 1.82) is 0 Å². The fraction of sp³-hybridized carbons (Fsp3) is 0.350. The summed E-state index contributed by atoms with van der Waals surface area (Å²) >= 11 is 0. The van der Waals surface area contributed by atoms with E-state index in [1.165, 1.54) is 18.9 Å². The van der Waals surface area contributed by atoms with Gasteiger partial charge in [-0.15, -0.1) is 0 Å². The van der Waals surface area contributed by atoms with Crippen LogP contribution in [0, 0.1) is 0 Å². The molecule has 0 aliphatic rings. The Morgan fingerprint density at radius 3 is 2.18 bits per heavy atom. The Kier molecular flexibility index (Phi) is 6.69. The molecule has 2 nitrogen and oxygen atoms in total. The highest BCUT2D eigenvalue weighted by molar-refractivity contribution is 5.66. The molecule has 2 aromatic rings. The van der Waals surface area contributed by atoms with Gasteiger partial charge in [0, 0.05) is 6.92 Å². The van der Waals surface area contributed by atoms with Crippen molar-refractivity contribution in [2.45, 2.75) is 45.1 Å². The minimum absolute atomic E-state index is 0.115. The fourth-order valence-corrected chi connectivity index (χ4v) is 2.64. The molecule has 0 aromatic heterocycles. The van der Waals surface area contributed by atoms with Crippen LogP contribution in [0.15, 0.2) is 60.7 Å². The second kappa shape index (κ2) is 9.04. The third-order valence-electron chi connectivity index (χ3n) is 3.75. The Balaban J connectivity index is 1.75. The molecule has 0 saturated carbocycles. The Bertz CT molecular complexity index is 548. The lowest BCUT2D eigenvalue weighted by Crippen LogP contribution is -2.08. The van der Waals surface area contributed by atoms with Crippen molar-refractivity contribution in [3.63, 3.8) is 0 Å². The predicted octanol–water partition coefficient (Wildman–Crippen LogP) is 5.09. The molecule has 1 atom stereocenters. The SMILES string of the molecule is CC(=O)O[C@H](CCCCCc1ccccc1)c1ccccc1. The van der Waals surface area contributed by atoms with Gasteiger partial charge in [0.1, 0.15) is 6.10 Å². The molecule has 116 valence electrons. The molecule has 2 rings (SSSR count). The quantitative estimate of drug-likeness (QED) is 0.501. The summed E-state index contributed by atoms with van der Waals surface area (Å²) in [6.45, 7) is 1.48. The number of benzene rings is 2. The molecule has 0 aliphatic heterocycles. The Labute approximate surface area is 133 Å². The van der Waals surface area contributed by atoms with Crippen LogP contribution in [-0.4, -0.2) is 5.97 Å². The maximum absolute atomic E-state index is 11.3. The predicted molar refractivity (Wildman–Crippen MR) is 89.6 cm³/mol. The number of esters is 1. The zero-order chi connectivity index (χ0) is 15.6. The zero-order valence-electron chi connectivity index (χ0n) is 13.2. The van der Waals surface area contributed by atoms with Crippen LogP contribution in [-0.2, 0) is 16.0 Å². The molecule has 22 heavy (non-hydrogen) atoms. The maximum Gasteiger partial charge on any atom is 0.303 e. The van der Waals surface area contributed by atoms with E-state index in [1.807, 2.05) is 36.4 Å². The standard InChI is InChI=1S/C20H24O2/c1-17(21)22-20(19-14-8-4-9-15-19)16-10-3-7-13-18-11-5-2-6-12-18/h2,4-6,8-9,11-12,14-15,20H,3,7,10,13,16H2,1H3/t20-/m1/s1. The summed E-state index contributed by atoms with van der Waals surface area (Å²) in [4.78, 5) is 11.3. The summed E-state index contributed by atoms with van der Waals surface area (Å²) in [7, 11) is 0. The molecule has 0 radical (unpaired) electrons. The van der Waals surface area contributed by atoms with Gasteiger partial charge in [-0.1, -0.05) is 67.1 Å².